The van der Waals surface area contributed by atoms with E-state index in [1.54, 1.807) is 56.4 Å². The van der Waals surface area contributed by atoms with Gasteiger partial charge in [0.15, 0.2) is 0 Å². The van der Waals surface area contributed by atoms with E-state index < -0.39 is 5.60 Å². The van der Waals surface area contributed by atoms with Gasteiger partial charge in [0.25, 0.3) is 5.91 Å². The molecule has 1 N–H and O–H groups in total. The Bertz CT molecular complexity index is 783. The van der Waals surface area contributed by atoms with Gasteiger partial charge in [0.2, 0.25) is 0 Å². The minimum Gasteiger partial charge on any atom is -0.378 e. The summed E-state index contributed by atoms with van der Waals surface area (Å²) in [5.74, 6) is 5.61. The minimum absolute atomic E-state index is 0.0349. The normalized spacial score (nSPS) is 12.0. The minimum atomic E-state index is -1.07. The summed E-state index contributed by atoms with van der Waals surface area (Å²) in [7, 11) is 1.80. The summed E-state index contributed by atoms with van der Waals surface area (Å²) in [5.41, 5.74) is 1.23. The first-order valence-electron chi connectivity index (χ1n) is 8.34. The van der Waals surface area contributed by atoms with Crippen LogP contribution >= 0.6 is 0 Å². The van der Waals surface area contributed by atoms with Gasteiger partial charge in [0.1, 0.15) is 5.60 Å². The first-order chi connectivity index (χ1) is 11.8. The monoisotopic (exact) mass is 336 g/mol. The van der Waals surface area contributed by atoms with E-state index in [0.29, 0.717) is 11.1 Å². The summed E-state index contributed by atoms with van der Waals surface area (Å²) in [4.78, 5) is 18.8. The number of carbonyl (C=O) groups excluding carboxylic acids is 1. The maximum atomic E-state index is 12.9. The van der Waals surface area contributed by atoms with Crippen LogP contribution in [0.15, 0.2) is 48.8 Å². The van der Waals surface area contributed by atoms with Gasteiger partial charge in [-0.1, -0.05) is 30.9 Å². The van der Waals surface area contributed by atoms with Crippen molar-refractivity contribution in [3.8, 4) is 11.8 Å². The lowest BCUT2D eigenvalue weighted by Crippen LogP contribution is -2.31. The molecule has 0 saturated heterocycles. The Hall–Kier alpha value is -2.64. The SMILES string of the molecule is CCC(c1cccnc1)N(C)C(=O)c1cccc(C#CC(C)(C)O)c1. The molecule has 1 heterocycles. The van der Waals surface area contributed by atoms with E-state index in [1.807, 2.05) is 25.1 Å². The van der Waals surface area contributed by atoms with Gasteiger partial charge in [-0.3, -0.25) is 9.78 Å². The predicted molar refractivity (Wildman–Crippen MR) is 99.0 cm³/mol. The Morgan fingerprint density at radius 2 is 2.08 bits per heavy atom. The highest BCUT2D eigenvalue weighted by molar-refractivity contribution is 5.94. The number of hydrogen-bond acceptors (Lipinski definition) is 3. The number of aliphatic hydroxyl groups is 1. The maximum Gasteiger partial charge on any atom is 0.254 e. The van der Waals surface area contributed by atoms with Crippen molar-refractivity contribution in [3.05, 3.63) is 65.5 Å². The molecule has 1 atom stereocenters. The van der Waals surface area contributed by atoms with E-state index in [4.69, 9.17) is 0 Å². The molecule has 0 aliphatic carbocycles. The summed E-state index contributed by atoms with van der Waals surface area (Å²) < 4.78 is 0. The lowest BCUT2D eigenvalue weighted by Gasteiger charge is -2.27. The Balaban J connectivity index is 2.25. The van der Waals surface area contributed by atoms with Crippen LogP contribution in [-0.2, 0) is 0 Å². The predicted octanol–water partition coefficient (Wildman–Crippen LogP) is 3.43. The van der Waals surface area contributed by atoms with Gasteiger partial charge in [-0.2, -0.15) is 0 Å². The van der Waals surface area contributed by atoms with E-state index in [2.05, 4.69) is 16.8 Å². The van der Waals surface area contributed by atoms with Crippen LogP contribution in [0.5, 0.6) is 0 Å². The third kappa shape index (κ3) is 5.17. The molecular formula is C21H24N2O2. The van der Waals surface area contributed by atoms with Crippen LogP contribution in [0.25, 0.3) is 0 Å². The molecule has 130 valence electrons. The van der Waals surface area contributed by atoms with Crippen LogP contribution in [0.1, 0.15) is 54.7 Å². The first kappa shape index (κ1) is 18.7. The van der Waals surface area contributed by atoms with Gasteiger partial charge in [-0.15, -0.1) is 0 Å². The zero-order valence-corrected chi connectivity index (χ0v) is 15.2. The third-order valence-electron chi connectivity index (χ3n) is 3.87. The third-order valence-corrected chi connectivity index (χ3v) is 3.87. The molecule has 1 unspecified atom stereocenters. The second-order valence-corrected chi connectivity index (χ2v) is 6.52. The second kappa shape index (κ2) is 7.96. The van der Waals surface area contributed by atoms with Crippen LogP contribution in [0, 0.1) is 11.8 Å². The van der Waals surface area contributed by atoms with Gasteiger partial charge in [0, 0.05) is 30.6 Å². The average molecular weight is 336 g/mol. The lowest BCUT2D eigenvalue weighted by atomic mass is 10.0. The molecule has 4 nitrogen and oxygen atoms in total. The summed E-state index contributed by atoms with van der Waals surface area (Å²) in [6, 6.07) is 11.0. The van der Waals surface area contributed by atoms with Crippen LogP contribution < -0.4 is 0 Å². The number of carbonyl (C=O) groups is 1. The van der Waals surface area contributed by atoms with E-state index in [-0.39, 0.29) is 11.9 Å². The second-order valence-electron chi connectivity index (χ2n) is 6.52. The van der Waals surface area contributed by atoms with Crippen LogP contribution in [0.3, 0.4) is 0 Å². The number of benzene rings is 1. The Labute approximate surface area is 149 Å². The largest absolute Gasteiger partial charge is 0.378 e. The van der Waals surface area contributed by atoms with Crippen molar-refractivity contribution in [1.82, 2.24) is 9.88 Å². The fraction of sp³-hybridized carbons (Fsp3) is 0.333. The smallest absolute Gasteiger partial charge is 0.254 e. The van der Waals surface area contributed by atoms with Crippen LogP contribution in [0.2, 0.25) is 0 Å². The summed E-state index contributed by atoms with van der Waals surface area (Å²) >= 11 is 0. The molecule has 1 amide bonds. The molecule has 2 rings (SSSR count). The molecule has 0 bridgehead atoms. The average Bonchev–Trinajstić information content (AvgIpc) is 2.60. The molecule has 1 aromatic carbocycles. The van der Waals surface area contributed by atoms with Gasteiger partial charge < -0.3 is 10.0 Å². The zero-order valence-electron chi connectivity index (χ0n) is 15.2. The molecule has 0 spiro atoms. The molecule has 25 heavy (non-hydrogen) atoms. The van der Waals surface area contributed by atoms with Crippen molar-refractivity contribution in [2.45, 2.75) is 38.8 Å². The fourth-order valence-corrected chi connectivity index (χ4v) is 2.61. The molecule has 1 aromatic heterocycles. The molecule has 4 heteroatoms. The highest BCUT2D eigenvalue weighted by Crippen LogP contribution is 2.24. The van der Waals surface area contributed by atoms with Crippen molar-refractivity contribution in [3.63, 3.8) is 0 Å². The molecule has 0 saturated carbocycles. The van der Waals surface area contributed by atoms with E-state index in [0.717, 1.165) is 12.0 Å². The van der Waals surface area contributed by atoms with Crippen LogP contribution in [-0.4, -0.2) is 33.5 Å². The zero-order chi connectivity index (χ0) is 18.4. The molecular weight excluding hydrogens is 312 g/mol. The maximum absolute atomic E-state index is 12.9. The Morgan fingerprint density at radius 3 is 2.68 bits per heavy atom. The van der Waals surface area contributed by atoms with Crippen molar-refractivity contribution in [2.75, 3.05) is 7.05 Å². The van der Waals surface area contributed by atoms with Gasteiger partial charge in [-0.25, -0.2) is 0 Å². The molecule has 0 radical (unpaired) electrons. The standard InChI is InChI=1S/C21H24N2O2/c1-5-19(18-10-7-13-22-15-18)23(4)20(24)17-9-6-8-16(14-17)11-12-21(2,3)25/h6-10,13-15,19,25H,5H2,1-4H3. The molecule has 0 aliphatic rings. The lowest BCUT2D eigenvalue weighted by molar-refractivity contribution is 0.0726. The van der Waals surface area contributed by atoms with Crippen molar-refractivity contribution in [1.29, 1.82) is 0 Å². The Morgan fingerprint density at radius 1 is 1.32 bits per heavy atom. The number of rotatable bonds is 4. The number of pyridine rings is 1. The van der Waals surface area contributed by atoms with Gasteiger partial charge in [0.05, 0.1) is 6.04 Å². The topological polar surface area (TPSA) is 53.4 Å². The highest BCUT2D eigenvalue weighted by Gasteiger charge is 2.21. The van der Waals surface area contributed by atoms with Crippen molar-refractivity contribution >= 4 is 5.91 Å². The number of aromatic nitrogens is 1. The quantitative estimate of drug-likeness (QED) is 0.870. The van der Waals surface area contributed by atoms with Gasteiger partial charge >= 0.3 is 0 Å². The first-order valence-corrected chi connectivity index (χ1v) is 8.34. The molecule has 2 aromatic rings. The summed E-state index contributed by atoms with van der Waals surface area (Å²) in [5, 5.41) is 9.72. The molecule has 0 fully saturated rings. The van der Waals surface area contributed by atoms with Crippen LogP contribution in [0.4, 0.5) is 0 Å². The van der Waals surface area contributed by atoms with E-state index in [1.165, 1.54) is 0 Å². The van der Waals surface area contributed by atoms with Crippen molar-refractivity contribution < 1.29 is 9.90 Å². The molecule has 0 aliphatic heterocycles. The van der Waals surface area contributed by atoms with E-state index >= 15 is 0 Å². The summed E-state index contributed by atoms with van der Waals surface area (Å²) in [6.45, 7) is 5.30. The fourth-order valence-electron chi connectivity index (χ4n) is 2.61. The number of nitrogens with zero attached hydrogens (tertiary/aromatic N) is 2. The van der Waals surface area contributed by atoms with Crippen molar-refractivity contribution in [2.24, 2.45) is 0 Å². The van der Waals surface area contributed by atoms with Gasteiger partial charge in [-0.05, 0) is 50.1 Å². The summed E-state index contributed by atoms with van der Waals surface area (Å²) in [6.07, 6.45) is 4.32. The van der Waals surface area contributed by atoms with E-state index in [9.17, 15) is 9.90 Å². The Kier molecular flexibility index (Phi) is 5.95. The number of hydrogen-bond donors (Lipinski definition) is 1. The number of amides is 1. The highest BCUT2D eigenvalue weighted by atomic mass is 16.3.